The molecule has 0 unspecified atom stereocenters. The van der Waals surface area contributed by atoms with Gasteiger partial charge in [-0.15, -0.1) is 0 Å². The van der Waals surface area contributed by atoms with E-state index in [4.69, 9.17) is 4.74 Å². The van der Waals surface area contributed by atoms with Crippen molar-refractivity contribution >= 4 is 17.5 Å². The molecule has 4 rings (SSSR count). The molecule has 2 amide bonds. The zero-order valence-electron chi connectivity index (χ0n) is 16.9. The molecule has 30 heavy (non-hydrogen) atoms. The average molecular weight is 404 g/mol. The molecule has 0 N–H and O–H groups in total. The van der Waals surface area contributed by atoms with E-state index in [0.29, 0.717) is 25.4 Å². The Morgan fingerprint density at radius 1 is 1.07 bits per heavy atom. The van der Waals surface area contributed by atoms with Crippen molar-refractivity contribution in [1.82, 2.24) is 14.7 Å². The number of para-hydroxylation sites is 3. The first-order chi connectivity index (χ1) is 14.6. The highest BCUT2D eigenvalue weighted by Crippen LogP contribution is 2.31. The number of carbonyl (C=O) groups excluding carboxylic acids is 2. The summed E-state index contributed by atoms with van der Waals surface area (Å²) >= 11 is 0. The summed E-state index contributed by atoms with van der Waals surface area (Å²) in [6.07, 6.45) is 4.00. The van der Waals surface area contributed by atoms with Gasteiger partial charge in [0.2, 0.25) is 11.8 Å². The number of hydrogen-bond acceptors (Lipinski definition) is 4. The zero-order chi connectivity index (χ0) is 20.9. The third-order valence-corrected chi connectivity index (χ3v) is 5.08. The summed E-state index contributed by atoms with van der Waals surface area (Å²) in [5.74, 6) is 0.567. The number of carbonyl (C=O) groups is 2. The number of aromatic nitrogens is 2. The normalized spacial score (nSPS) is 12.8. The van der Waals surface area contributed by atoms with Gasteiger partial charge in [-0.25, -0.2) is 4.68 Å². The van der Waals surface area contributed by atoms with Crippen LogP contribution in [-0.2, 0) is 16.1 Å². The van der Waals surface area contributed by atoms with Gasteiger partial charge in [0.1, 0.15) is 12.4 Å². The highest BCUT2D eigenvalue weighted by atomic mass is 16.5. The average Bonchev–Trinajstić information content (AvgIpc) is 3.26. The molecule has 0 spiro atoms. The van der Waals surface area contributed by atoms with Gasteiger partial charge in [-0.3, -0.25) is 9.59 Å². The fourth-order valence-corrected chi connectivity index (χ4v) is 3.49. The van der Waals surface area contributed by atoms with Crippen LogP contribution in [0.15, 0.2) is 67.0 Å². The van der Waals surface area contributed by atoms with Crippen LogP contribution in [-0.4, -0.2) is 46.7 Å². The first kappa shape index (κ1) is 19.7. The van der Waals surface area contributed by atoms with E-state index in [-0.39, 0.29) is 24.7 Å². The molecule has 2 heterocycles. The number of hydrogen-bond donors (Lipinski definition) is 0. The van der Waals surface area contributed by atoms with Crippen LogP contribution < -0.4 is 9.64 Å². The Labute approximate surface area is 175 Å². The van der Waals surface area contributed by atoms with Crippen molar-refractivity contribution in [2.24, 2.45) is 0 Å². The molecule has 0 aliphatic carbocycles. The molecule has 7 heteroatoms. The zero-order valence-corrected chi connectivity index (χ0v) is 16.9. The third kappa shape index (κ3) is 4.35. The third-order valence-electron chi connectivity index (χ3n) is 5.08. The lowest BCUT2D eigenvalue weighted by Gasteiger charge is -2.29. The van der Waals surface area contributed by atoms with E-state index in [9.17, 15) is 9.59 Å². The Morgan fingerprint density at radius 3 is 2.67 bits per heavy atom. The van der Waals surface area contributed by atoms with Gasteiger partial charge in [0.15, 0.2) is 0 Å². The SMILES string of the molecule is CN(Cc1cnn(-c2ccccc2)c1)C(=O)CCC(=O)N1CCOc2ccccc21. The summed E-state index contributed by atoms with van der Waals surface area (Å²) in [6.45, 7) is 1.40. The maximum absolute atomic E-state index is 12.7. The standard InChI is InChI=1S/C23H24N4O3/c1-25(16-18-15-24-27(17-18)19-7-3-2-4-8-19)22(28)11-12-23(29)26-13-14-30-21-10-6-5-9-20(21)26/h2-10,15,17H,11-14,16H2,1H3. The molecule has 1 aliphatic rings. The van der Waals surface area contributed by atoms with Crippen LogP contribution in [0.4, 0.5) is 5.69 Å². The fourth-order valence-electron chi connectivity index (χ4n) is 3.49. The maximum Gasteiger partial charge on any atom is 0.227 e. The molecular formula is C23H24N4O3. The van der Waals surface area contributed by atoms with Crippen molar-refractivity contribution in [1.29, 1.82) is 0 Å². The molecule has 0 bridgehead atoms. The Hall–Kier alpha value is -3.61. The highest BCUT2D eigenvalue weighted by Gasteiger charge is 2.24. The molecule has 0 saturated carbocycles. The van der Waals surface area contributed by atoms with Gasteiger partial charge < -0.3 is 14.5 Å². The number of benzene rings is 2. The monoisotopic (exact) mass is 404 g/mol. The second-order valence-electron chi connectivity index (χ2n) is 7.24. The number of rotatable bonds is 6. The molecule has 0 fully saturated rings. The predicted molar refractivity (Wildman–Crippen MR) is 114 cm³/mol. The van der Waals surface area contributed by atoms with Gasteiger partial charge in [0.05, 0.1) is 24.1 Å². The van der Waals surface area contributed by atoms with E-state index in [2.05, 4.69) is 5.10 Å². The van der Waals surface area contributed by atoms with Crippen molar-refractivity contribution in [2.45, 2.75) is 19.4 Å². The quantitative estimate of drug-likeness (QED) is 0.633. The molecule has 1 aliphatic heterocycles. The van der Waals surface area contributed by atoms with Crippen LogP contribution in [0, 0.1) is 0 Å². The van der Waals surface area contributed by atoms with Crippen molar-refractivity contribution in [3.05, 3.63) is 72.6 Å². The lowest BCUT2D eigenvalue weighted by Crippen LogP contribution is -2.38. The molecule has 0 saturated heterocycles. The summed E-state index contributed by atoms with van der Waals surface area (Å²) in [7, 11) is 1.75. The van der Waals surface area contributed by atoms with Gasteiger partial charge in [0.25, 0.3) is 0 Å². The molecule has 7 nitrogen and oxygen atoms in total. The minimum absolute atomic E-state index is 0.0654. The number of nitrogens with zero attached hydrogens (tertiary/aromatic N) is 4. The van der Waals surface area contributed by atoms with Gasteiger partial charge in [-0.1, -0.05) is 30.3 Å². The molecule has 2 aromatic carbocycles. The maximum atomic E-state index is 12.7. The summed E-state index contributed by atoms with van der Waals surface area (Å²) in [5, 5.41) is 4.36. The van der Waals surface area contributed by atoms with Crippen LogP contribution >= 0.6 is 0 Å². The first-order valence-electron chi connectivity index (χ1n) is 9.97. The Bertz CT molecular complexity index is 1030. The Kier molecular flexibility index (Phi) is 5.79. The summed E-state index contributed by atoms with van der Waals surface area (Å²) in [4.78, 5) is 28.6. The molecular weight excluding hydrogens is 380 g/mol. The van der Waals surface area contributed by atoms with E-state index < -0.39 is 0 Å². The topological polar surface area (TPSA) is 67.7 Å². The lowest BCUT2D eigenvalue weighted by atomic mass is 10.2. The summed E-state index contributed by atoms with van der Waals surface area (Å²) in [6, 6.07) is 17.3. The minimum Gasteiger partial charge on any atom is -0.490 e. The lowest BCUT2D eigenvalue weighted by molar-refractivity contribution is -0.132. The Morgan fingerprint density at radius 2 is 1.83 bits per heavy atom. The van der Waals surface area contributed by atoms with E-state index in [1.165, 1.54) is 0 Å². The van der Waals surface area contributed by atoms with Crippen LogP contribution in [0.1, 0.15) is 18.4 Å². The van der Waals surface area contributed by atoms with Crippen LogP contribution in [0.25, 0.3) is 5.69 Å². The fraction of sp³-hybridized carbons (Fsp3) is 0.261. The van der Waals surface area contributed by atoms with Gasteiger partial charge >= 0.3 is 0 Å². The summed E-state index contributed by atoms with van der Waals surface area (Å²) < 4.78 is 7.38. The van der Waals surface area contributed by atoms with Gasteiger partial charge in [0, 0.05) is 38.2 Å². The predicted octanol–water partition coefficient (Wildman–Crippen LogP) is 3.04. The van der Waals surface area contributed by atoms with E-state index in [1.54, 1.807) is 27.7 Å². The van der Waals surface area contributed by atoms with Crippen molar-refractivity contribution in [2.75, 3.05) is 25.1 Å². The van der Waals surface area contributed by atoms with Crippen LogP contribution in [0.5, 0.6) is 5.75 Å². The van der Waals surface area contributed by atoms with Crippen LogP contribution in [0.2, 0.25) is 0 Å². The van der Waals surface area contributed by atoms with Crippen LogP contribution in [0.3, 0.4) is 0 Å². The van der Waals surface area contributed by atoms with Gasteiger partial charge in [-0.2, -0.15) is 5.10 Å². The number of anilines is 1. The number of ether oxygens (including phenoxy) is 1. The minimum atomic E-state index is -0.0719. The van der Waals surface area contributed by atoms with Crippen molar-refractivity contribution in [3.8, 4) is 11.4 Å². The molecule has 154 valence electrons. The second-order valence-corrected chi connectivity index (χ2v) is 7.24. The van der Waals surface area contributed by atoms with Gasteiger partial charge in [-0.05, 0) is 24.3 Å². The largest absolute Gasteiger partial charge is 0.490 e. The van der Waals surface area contributed by atoms with E-state index in [0.717, 1.165) is 16.9 Å². The first-order valence-corrected chi connectivity index (χ1v) is 9.97. The van der Waals surface area contributed by atoms with Crippen molar-refractivity contribution < 1.29 is 14.3 Å². The Balaban J connectivity index is 1.31. The smallest absolute Gasteiger partial charge is 0.227 e. The molecule has 1 aromatic heterocycles. The summed E-state index contributed by atoms with van der Waals surface area (Å²) in [5.41, 5.74) is 2.67. The second kappa shape index (κ2) is 8.82. The highest BCUT2D eigenvalue weighted by molar-refractivity contribution is 5.97. The molecule has 0 atom stereocenters. The van der Waals surface area contributed by atoms with E-state index >= 15 is 0 Å². The number of amides is 2. The molecule has 0 radical (unpaired) electrons. The van der Waals surface area contributed by atoms with E-state index in [1.807, 2.05) is 60.8 Å². The molecule has 3 aromatic rings. The number of fused-ring (bicyclic) bond motifs is 1. The van der Waals surface area contributed by atoms with Crippen molar-refractivity contribution in [3.63, 3.8) is 0 Å².